The predicted octanol–water partition coefficient (Wildman–Crippen LogP) is 2.54. The van der Waals surface area contributed by atoms with Gasteiger partial charge in [-0.3, -0.25) is 4.90 Å². The topological polar surface area (TPSA) is 49.9 Å². The molecule has 1 amide bonds. The van der Waals surface area contributed by atoms with E-state index in [1.807, 2.05) is 25.7 Å². The van der Waals surface area contributed by atoms with E-state index in [0.29, 0.717) is 11.8 Å². The molecular weight excluding hydrogens is 280 g/mol. The van der Waals surface area contributed by atoms with Gasteiger partial charge in [-0.05, 0) is 52.4 Å². The van der Waals surface area contributed by atoms with Crippen LogP contribution in [0.25, 0.3) is 0 Å². The number of carbonyl (C=O) groups excluding carboxylic acids is 2. The zero-order chi connectivity index (χ0) is 16.2. The lowest BCUT2D eigenvalue weighted by atomic mass is 9.82. The molecule has 0 spiro atoms. The summed E-state index contributed by atoms with van der Waals surface area (Å²) in [5.74, 6) is 1.00. The van der Waals surface area contributed by atoms with E-state index in [9.17, 15) is 9.59 Å². The summed E-state index contributed by atoms with van der Waals surface area (Å²) in [5, 5.41) is 0. The van der Waals surface area contributed by atoms with Gasteiger partial charge < -0.3 is 14.4 Å². The average Bonchev–Trinajstić information content (AvgIpc) is 2.47. The molecule has 1 heterocycles. The van der Waals surface area contributed by atoms with Gasteiger partial charge in [0.1, 0.15) is 11.9 Å². The van der Waals surface area contributed by atoms with Crippen molar-refractivity contribution in [3.8, 4) is 0 Å². The number of aldehydes is 1. The Kier molecular flexibility index (Phi) is 5.84. The fraction of sp³-hybridized carbons (Fsp3) is 0.882. The number of hydrogen-bond donors (Lipinski definition) is 0. The lowest BCUT2D eigenvalue weighted by Crippen LogP contribution is -2.51. The van der Waals surface area contributed by atoms with Gasteiger partial charge >= 0.3 is 6.09 Å². The van der Waals surface area contributed by atoms with Gasteiger partial charge in [0.25, 0.3) is 0 Å². The normalized spacial score (nSPS) is 27.5. The third-order valence-electron chi connectivity index (χ3n) is 4.62. The van der Waals surface area contributed by atoms with Gasteiger partial charge in [-0.25, -0.2) is 4.79 Å². The molecular formula is C17H30N2O3. The van der Waals surface area contributed by atoms with Crippen LogP contribution in [0, 0.1) is 11.8 Å². The third kappa shape index (κ3) is 5.27. The Morgan fingerprint density at radius 1 is 1.09 bits per heavy atom. The van der Waals surface area contributed by atoms with Gasteiger partial charge in [0.2, 0.25) is 0 Å². The first-order valence-corrected chi connectivity index (χ1v) is 8.53. The van der Waals surface area contributed by atoms with E-state index >= 15 is 0 Å². The van der Waals surface area contributed by atoms with Crippen molar-refractivity contribution >= 4 is 12.4 Å². The number of hydrogen-bond acceptors (Lipinski definition) is 4. The van der Waals surface area contributed by atoms with Crippen LogP contribution in [0.1, 0.15) is 46.5 Å². The average molecular weight is 310 g/mol. The van der Waals surface area contributed by atoms with Crippen molar-refractivity contribution in [3.63, 3.8) is 0 Å². The first-order chi connectivity index (χ1) is 10.4. The molecule has 0 unspecified atom stereocenters. The molecule has 0 radical (unpaired) electrons. The van der Waals surface area contributed by atoms with Crippen LogP contribution < -0.4 is 0 Å². The summed E-state index contributed by atoms with van der Waals surface area (Å²) in [6.45, 7) is 10.1. The van der Waals surface area contributed by atoms with E-state index in [2.05, 4.69) is 4.90 Å². The summed E-state index contributed by atoms with van der Waals surface area (Å²) in [6, 6.07) is 0. The predicted molar refractivity (Wildman–Crippen MR) is 85.8 cm³/mol. The van der Waals surface area contributed by atoms with Gasteiger partial charge in [-0.15, -0.1) is 0 Å². The number of nitrogens with zero attached hydrogens (tertiary/aromatic N) is 2. The summed E-state index contributed by atoms with van der Waals surface area (Å²) in [4.78, 5) is 27.1. The number of amides is 1. The molecule has 0 aromatic heterocycles. The first-order valence-electron chi connectivity index (χ1n) is 8.53. The quantitative estimate of drug-likeness (QED) is 0.752. The van der Waals surface area contributed by atoms with E-state index in [0.717, 1.165) is 64.7 Å². The van der Waals surface area contributed by atoms with Crippen molar-refractivity contribution in [1.82, 2.24) is 9.80 Å². The van der Waals surface area contributed by atoms with Crippen molar-refractivity contribution in [2.24, 2.45) is 11.8 Å². The van der Waals surface area contributed by atoms with Crippen molar-refractivity contribution in [3.05, 3.63) is 0 Å². The minimum atomic E-state index is -0.425. The third-order valence-corrected chi connectivity index (χ3v) is 4.62. The van der Waals surface area contributed by atoms with Gasteiger partial charge in [0.05, 0.1) is 0 Å². The number of piperazine rings is 1. The molecule has 2 aliphatic rings. The minimum Gasteiger partial charge on any atom is -0.444 e. The van der Waals surface area contributed by atoms with E-state index < -0.39 is 5.60 Å². The van der Waals surface area contributed by atoms with Crippen LogP contribution in [0.5, 0.6) is 0 Å². The maximum atomic E-state index is 12.0. The Bertz CT molecular complexity index is 376. The Morgan fingerprint density at radius 2 is 1.68 bits per heavy atom. The van der Waals surface area contributed by atoms with E-state index in [1.165, 1.54) is 0 Å². The van der Waals surface area contributed by atoms with Gasteiger partial charge in [-0.2, -0.15) is 0 Å². The molecule has 0 bridgehead atoms. The number of carbonyl (C=O) groups is 2. The smallest absolute Gasteiger partial charge is 0.410 e. The van der Waals surface area contributed by atoms with Crippen LogP contribution in [0.4, 0.5) is 4.79 Å². The lowest BCUT2D eigenvalue weighted by molar-refractivity contribution is -0.112. The van der Waals surface area contributed by atoms with Crippen LogP contribution in [0.15, 0.2) is 0 Å². The van der Waals surface area contributed by atoms with Crippen LogP contribution in [0.2, 0.25) is 0 Å². The second-order valence-corrected chi connectivity index (χ2v) is 7.68. The molecule has 0 N–H and O–H groups in total. The minimum absolute atomic E-state index is 0.196. The highest BCUT2D eigenvalue weighted by atomic mass is 16.6. The number of ether oxygens (including phenoxy) is 1. The zero-order valence-electron chi connectivity index (χ0n) is 14.2. The molecule has 126 valence electrons. The highest BCUT2D eigenvalue weighted by molar-refractivity contribution is 5.68. The van der Waals surface area contributed by atoms with Crippen LogP contribution >= 0.6 is 0 Å². The summed E-state index contributed by atoms with van der Waals surface area (Å²) in [7, 11) is 0. The molecule has 0 atom stereocenters. The molecule has 1 saturated heterocycles. The highest BCUT2D eigenvalue weighted by Gasteiger charge is 2.28. The molecule has 5 nitrogen and oxygen atoms in total. The lowest BCUT2D eigenvalue weighted by Gasteiger charge is -2.38. The summed E-state index contributed by atoms with van der Waals surface area (Å²) < 4.78 is 5.42. The van der Waals surface area contributed by atoms with Crippen molar-refractivity contribution in [2.45, 2.75) is 52.1 Å². The number of rotatable bonds is 3. The summed E-state index contributed by atoms with van der Waals surface area (Å²) in [5.41, 5.74) is -0.425. The van der Waals surface area contributed by atoms with Gasteiger partial charge in [0, 0.05) is 38.6 Å². The Balaban J connectivity index is 1.69. The molecule has 5 heteroatoms. The Morgan fingerprint density at radius 3 is 2.18 bits per heavy atom. The summed E-state index contributed by atoms with van der Waals surface area (Å²) in [6.07, 6.45) is 5.35. The SMILES string of the molecule is CC(C)(C)OC(=O)N1CCN(C[C@H]2CC[C@H](C=O)CC2)CC1. The molecule has 2 fully saturated rings. The van der Waals surface area contributed by atoms with E-state index in [1.54, 1.807) is 0 Å². The Hall–Kier alpha value is -1.10. The second kappa shape index (κ2) is 7.44. The van der Waals surface area contributed by atoms with Gasteiger partial charge in [0.15, 0.2) is 0 Å². The molecule has 1 aliphatic heterocycles. The maximum absolute atomic E-state index is 12.0. The second-order valence-electron chi connectivity index (χ2n) is 7.68. The largest absolute Gasteiger partial charge is 0.444 e. The molecule has 2 rings (SSSR count). The molecule has 0 aromatic carbocycles. The standard InChI is InChI=1S/C17H30N2O3/c1-17(2,3)22-16(21)19-10-8-18(9-11-19)12-14-4-6-15(13-20)7-5-14/h13-15H,4-12H2,1-3H3/t14-,15-. The fourth-order valence-corrected chi connectivity index (χ4v) is 3.31. The Labute approximate surface area is 134 Å². The molecule has 1 aliphatic carbocycles. The molecule has 22 heavy (non-hydrogen) atoms. The van der Waals surface area contributed by atoms with E-state index in [-0.39, 0.29) is 6.09 Å². The summed E-state index contributed by atoms with van der Waals surface area (Å²) >= 11 is 0. The van der Waals surface area contributed by atoms with Crippen LogP contribution in [-0.2, 0) is 9.53 Å². The van der Waals surface area contributed by atoms with Crippen LogP contribution in [-0.4, -0.2) is 60.5 Å². The van der Waals surface area contributed by atoms with Crippen molar-refractivity contribution in [1.29, 1.82) is 0 Å². The molecule has 0 aromatic rings. The first kappa shape index (κ1) is 17.3. The van der Waals surface area contributed by atoms with E-state index in [4.69, 9.17) is 4.74 Å². The van der Waals surface area contributed by atoms with Crippen LogP contribution in [0.3, 0.4) is 0 Å². The maximum Gasteiger partial charge on any atom is 0.410 e. The van der Waals surface area contributed by atoms with Gasteiger partial charge in [-0.1, -0.05) is 0 Å². The van der Waals surface area contributed by atoms with Crippen molar-refractivity contribution in [2.75, 3.05) is 32.7 Å². The fourth-order valence-electron chi connectivity index (χ4n) is 3.31. The van der Waals surface area contributed by atoms with Crippen molar-refractivity contribution < 1.29 is 14.3 Å². The monoisotopic (exact) mass is 310 g/mol. The highest BCUT2D eigenvalue weighted by Crippen LogP contribution is 2.28. The molecule has 1 saturated carbocycles. The zero-order valence-corrected chi connectivity index (χ0v) is 14.2.